The summed E-state index contributed by atoms with van der Waals surface area (Å²) in [6.45, 7) is 2.55. The van der Waals surface area contributed by atoms with Gasteiger partial charge in [0.2, 0.25) is 0 Å². The number of nitrogens with zero attached hydrogens (tertiary/aromatic N) is 3. The highest BCUT2D eigenvalue weighted by atomic mass is 127. The summed E-state index contributed by atoms with van der Waals surface area (Å²) in [5.41, 5.74) is -0.367. The molecule has 5 rings (SSSR count). The van der Waals surface area contributed by atoms with Crippen molar-refractivity contribution >= 4 is 56.9 Å². The van der Waals surface area contributed by atoms with Gasteiger partial charge in [0, 0.05) is 17.5 Å². The number of carbonyl (C=O) groups is 2. The number of fused-ring (bicyclic) bond motifs is 1. The fourth-order valence-electron chi connectivity index (χ4n) is 5.10. The number of ether oxygens (including phenoxy) is 1. The lowest BCUT2D eigenvalue weighted by molar-refractivity contribution is -0.181. The second-order valence-electron chi connectivity index (χ2n) is 9.41. The molecule has 36 heavy (non-hydrogen) atoms. The van der Waals surface area contributed by atoms with E-state index in [-0.39, 0.29) is 41.6 Å². The van der Waals surface area contributed by atoms with Crippen LogP contribution in [0.1, 0.15) is 36.5 Å². The summed E-state index contributed by atoms with van der Waals surface area (Å²) in [7, 11) is 1.71. The Morgan fingerprint density at radius 3 is 2.69 bits per heavy atom. The number of anilines is 2. The number of hydrogen-bond donors (Lipinski definition) is 2. The van der Waals surface area contributed by atoms with Crippen molar-refractivity contribution in [2.45, 2.75) is 37.8 Å². The highest BCUT2D eigenvalue weighted by Gasteiger charge is 2.54. The molecule has 0 saturated carbocycles. The van der Waals surface area contributed by atoms with Crippen molar-refractivity contribution < 1.29 is 23.1 Å². The molecule has 1 atom stereocenters. The van der Waals surface area contributed by atoms with E-state index in [9.17, 15) is 14.0 Å². The Bertz CT molecular complexity index is 1350. The Hall–Kier alpha value is -2.80. The van der Waals surface area contributed by atoms with E-state index in [0.29, 0.717) is 9.09 Å². The fraction of sp³-hybridized carbons (Fsp3) is 0.400. The summed E-state index contributed by atoms with van der Waals surface area (Å²) >= 11 is 1.99. The number of rotatable bonds is 5. The van der Waals surface area contributed by atoms with Crippen LogP contribution < -0.4 is 10.6 Å². The van der Waals surface area contributed by atoms with Crippen LogP contribution >= 0.6 is 22.6 Å². The van der Waals surface area contributed by atoms with Crippen LogP contribution in [0.25, 0.3) is 11.0 Å². The average molecular weight is 609 g/mol. The van der Waals surface area contributed by atoms with Gasteiger partial charge < -0.3 is 24.8 Å². The van der Waals surface area contributed by atoms with Crippen LogP contribution in [-0.2, 0) is 16.6 Å². The van der Waals surface area contributed by atoms with Crippen LogP contribution in [0.2, 0.25) is 0 Å². The molecule has 8 nitrogen and oxygen atoms in total. The molecule has 2 saturated heterocycles. The third-order valence-electron chi connectivity index (χ3n) is 6.88. The maximum atomic E-state index is 15.7. The second kappa shape index (κ2) is 9.58. The van der Waals surface area contributed by atoms with Gasteiger partial charge in [0.1, 0.15) is 11.3 Å². The maximum absolute atomic E-state index is 15.7. The third-order valence-corrected chi connectivity index (χ3v) is 7.55. The standard InChI is InChI=1S/C25H26F2IN5O3/c1-14(34)36-25(20-5-3-4-8-29-20)11-33(12-25)24(35)16-10-19-23(30-13-32(19)2)21(27)22(16)31-18-7-6-15(28)9-17(18)26/h6-7,9-10,13,20,29,31H,3-5,8,11-12H2,1-2H3/t20-/m0/s1. The van der Waals surface area contributed by atoms with Crippen LogP contribution in [0.5, 0.6) is 0 Å². The summed E-state index contributed by atoms with van der Waals surface area (Å²) in [6.07, 6.45) is 4.35. The number of halogens is 3. The largest absolute Gasteiger partial charge is 0.454 e. The number of carbonyl (C=O) groups excluding carboxylic acids is 2. The zero-order chi connectivity index (χ0) is 25.6. The lowest BCUT2D eigenvalue weighted by Crippen LogP contribution is -2.73. The van der Waals surface area contributed by atoms with Crippen molar-refractivity contribution in [3.63, 3.8) is 0 Å². The second-order valence-corrected chi connectivity index (χ2v) is 10.7. The number of aryl methyl sites for hydroxylation is 1. The molecule has 2 N–H and O–H groups in total. The summed E-state index contributed by atoms with van der Waals surface area (Å²) in [6, 6.07) is 6.00. The highest BCUT2D eigenvalue weighted by molar-refractivity contribution is 14.1. The van der Waals surface area contributed by atoms with Crippen molar-refractivity contribution in [2.75, 3.05) is 25.0 Å². The van der Waals surface area contributed by atoms with Crippen LogP contribution in [0, 0.1) is 15.2 Å². The van der Waals surface area contributed by atoms with Gasteiger partial charge in [0.05, 0.1) is 47.9 Å². The topological polar surface area (TPSA) is 88.5 Å². The van der Waals surface area contributed by atoms with Gasteiger partial charge in [-0.2, -0.15) is 0 Å². The number of aromatic nitrogens is 2. The molecule has 11 heteroatoms. The molecule has 0 spiro atoms. The monoisotopic (exact) mass is 609 g/mol. The molecule has 0 aliphatic carbocycles. The maximum Gasteiger partial charge on any atom is 0.303 e. The first-order chi connectivity index (χ1) is 17.2. The quantitative estimate of drug-likeness (QED) is 0.335. The first-order valence-corrected chi connectivity index (χ1v) is 12.8. The first-order valence-electron chi connectivity index (χ1n) is 11.8. The minimum atomic E-state index is -0.826. The van der Waals surface area contributed by atoms with E-state index in [1.165, 1.54) is 30.3 Å². The Balaban J connectivity index is 1.50. The van der Waals surface area contributed by atoms with Crippen molar-refractivity contribution in [3.8, 4) is 0 Å². The summed E-state index contributed by atoms with van der Waals surface area (Å²) in [5.74, 6) is -2.16. The van der Waals surface area contributed by atoms with Gasteiger partial charge in [-0.15, -0.1) is 0 Å². The number of amides is 1. The molecule has 2 aromatic carbocycles. The molecule has 1 aromatic heterocycles. The van der Waals surface area contributed by atoms with Gasteiger partial charge >= 0.3 is 5.97 Å². The fourth-order valence-corrected chi connectivity index (χ4v) is 5.55. The van der Waals surface area contributed by atoms with E-state index in [1.807, 2.05) is 22.6 Å². The van der Waals surface area contributed by atoms with Crippen LogP contribution in [0.15, 0.2) is 30.6 Å². The van der Waals surface area contributed by atoms with Gasteiger partial charge in [-0.25, -0.2) is 13.8 Å². The predicted octanol–water partition coefficient (Wildman–Crippen LogP) is 4.10. The number of nitrogens with one attached hydrogen (secondary N) is 2. The van der Waals surface area contributed by atoms with Gasteiger partial charge in [-0.05, 0) is 66.2 Å². The Morgan fingerprint density at radius 2 is 2.03 bits per heavy atom. The lowest BCUT2D eigenvalue weighted by atomic mass is 9.81. The summed E-state index contributed by atoms with van der Waals surface area (Å²) in [4.78, 5) is 31.2. The van der Waals surface area contributed by atoms with Crippen molar-refractivity contribution in [2.24, 2.45) is 7.05 Å². The SMILES string of the molecule is CC(=O)OC1([C@@H]2CCCCN2)CN(C(=O)c2cc3c(ncn3C)c(F)c2Nc2ccc(I)cc2F)C1. The molecule has 190 valence electrons. The molecule has 1 amide bonds. The normalized spacial score (nSPS) is 19.1. The third kappa shape index (κ3) is 4.42. The molecule has 3 aromatic rings. The molecule has 0 bridgehead atoms. The zero-order valence-corrected chi connectivity index (χ0v) is 22.1. The Kier molecular flexibility index (Phi) is 6.62. The van der Waals surface area contributed by atoms with Crippen LogP contribution in [-0.4, -0.2) is 57.6 Å². The average Bonchev–Trinajstić information content (AvgIpc) is 3.20. The van der Waals surface area contributed by atoms with E-state index in [0.717, 1.165) is 25.8 Å². The van der Waals surface area contributed by atoms with E-state index >= 15 is 4.39 Å². The molecule has 2 aliphatic heterocycles. The number of hydrogen-bond acceptors (Lipinski definition) is 6. The first kappa shape index (κ1) is 24.9. The number of piperidine rings is 1. The van der Waals surface area contributed by atoms with Crippen molar-refractivity contribution in [1.82, 2.24) is 19.8 Å². The molecular weight excluding hydrogens is 583 g/mol. The van der Waals surface area contributed by atoms with E-state index in [2.05, 4.69) is 15.6 Å². The smallest absolute Gasteiger partial charge is 0.303 e. The van der Waals surface area contributed by atoms with Crippen LogP contribution in [0.3, 0.4) is 0 Å². The molecular formula is C25H26F2IN5O3. The minimum absolute atomic E-state index is 0.0444. The Labute approximate surface area is 220 Å². The number of likely N-dealkylation sites (tertiary alicyclic amines) is 1. The predicted molar refractivity (Wildman–Crippen MR) is 139 cm³/mol. The summed E-state index contributed by atoms with van der Waals surface area (Å²) in [5, 5.41) is 6.21. The van der Waals surface area contributed by atoms with E-state index < -0.39 is 29.1 Å². The molecule has 0 unspecified atom stereocenters. The number of benzene rings is 2. The number of esters is 1. The Morgan fingerprint density at radius 1 is 1.25 bits per heavy atom. The molecule has 2 fully saturated rings. The lowest BCUT2D eigenvalue weighted by Gasteiger charge is -2.53. The van der Waals surface area contributed by atoms with Crippen LogP contribution in [0.4, 0.5) is 20.2 Å². The van der Waals surface area contributed by atoms with Gasteiger partial charge in [-0.1, -0.05) is 6.42 Å². The molecule has 2 aliphatic rings. The summed E-state index contributed by atoms with van der Waals surface area (Å²) < 4.78 is 38.4. The van der Waals surface area contributed by atoms with E-state index in [1.54, 1.807) is 23.7 Å². The van der Waals surface area contributed by atoms with Gasteiger partial charge in [0.15, 0.2) is 11.4 Å². The van der Waals surface area contributed by atoms with Crippen molar-refractivity contribution in [1.29, 1.82) is 0 Å². The molecule has 3 heterocycles. The van der Waals surface area contributed by atoms with Gasteiger partial charge in [-0.3, -0.25) is 9.59 Å². The minimum Gasteiger partial charge on any atom is -0.454 e. The van der Waals surface area contributed by atoms with E-state index in [4.69, 9.17) is 4.74 Å². The van der Waals surface area contributed by atoms with Crippen molar-refractivity contribution in [3.05, 3.63) is 51.4 Å². The number of imidazole rings is 1. The van der Waals surface area contributed by atoms with Gasteiger partial charge in [0.25, 0.3) is 5.91 Å². The molecule has 0 radical (unpaired) electrons. The highest BCUT2D eigenvalue weighted by Crippen LogP contribution is 2.37. The zero-order valence-electron chi connectivity index (χ0n) is 19.9.